The number of phenolic OH excluding ortho intramolecular Hbond substituents is 2. The van der Waals surface area contributed by atoms with Gasteiger partial charge in [0.1, 0.15) is 11.5 Å². The van der Waals surface area contributed by atoms with E-state index in [0.29, 0.717) is 49.6 Å². The zero-order chi connectivity index (χ0) is 21.8. The molecule has 0 unspecified atom stereocenters. The highest BCUT2D eigenvalue weighted by Gasteiger charge is 2.08. The Hall–Kier alpha value is -0.900. The fourth-order valence-corrected chi connectivity index (χ4v) is 4.35. The van der Waals surface area contributed by atoms with Crippen LogP contribution in [0.25, 0.3) is 0 Å². The fraction of sp³-hybridized carbons (Fsp3) is 0.263. The first-order valence-electron chi connectivity index (χ1n) is 8.39. The van der Waals surface area contributed by atoms with Crippen LogP contribution in [-0.2, 0) is 15.9 Å². The molecule has 4 nitrogen and oxygen atoms in total. The summed E-state index contributed by atoms with van der Waals surface area (Å²) in [4.78, 5) is 0. The zero-order valence-electron chi connectivity index (χ0n) is 15.7. The number of rotatable bonds is 4. The van der Waals surface area contributed by atoms with Gasteiger partial charge in [0.05, 0.1) is 13.2 Å². The number of halogens is 2. The SMILES string of the molecule is CCOC(=S)SSC(=S)OCC.Oc1ccc(Cl)cc1Cc1cc(Cl)ccc1O. The molecule has 2 rings (SSSR count). The summed E-state index contributed by atoms with van der Waals surface area (Å²) in [6, 6.07) is 9.60. The summed E-state index contributed by atoms with van der Waals surface area (Å²) in [5, 5.41) is 20.4. The average molecular weight is 512 g/mol. The number of aromatic hydroxyl groups is 2. The monoisotopic (exact) mass is 510 g/mol. The van der Waals surface area contributed by atoms with Gasteiger partial charge >= 0.3 is 0 Å². The van der Waals surface area contributed by atoms with E-state index in [1.165, 1.54) is 33.7 Å². The average Bonchev–Trinajstić information content (AvgIpc) is 2.67. The second-order valence-electron chi connectivity index (χ2n) is 5.26. The third-order valence-electron chi connectivity index (χ3n) is 3.17. The Morgan fingerprint density at radius 1 is 0.828 bits per heavy atom. The Labute approximate surface area is 199 Å². The standard InChI is InChI=1S/C13H10Cl2O2.C6H10O2S4/c14-10-1-3-12(16)8(6-10)5-9-7-11(15)2-4-13(9)17;1-3-7-5(9)11-12-6(10)8-4-2/h1-4,6-7,16-17H,5H2;3-4H2,1-2H3. The van der Waals surface area contributed by atoms with Gasteiger partial charge in [-0.3, -0.25) is 0 Å². The van der Waals surface area contributed by atoms with Crippen molar-refractivity contribution in [3.8, 4) is 11.5 Å². The van der Waals surface area contributed by atoms with Crippen LogP contribution >= 0.6 is 69.2 Å². The smallest absolute Gasteiger partial charge is 0.231 e. The third-order valence-corrected chi connectivity index (χ3v) is 6.75. The van der Waals surface area contributed by atoms with Crippen molar-refractivity contribution >= 4 is 78.0 Å². The van der Waals surface area contributed by atoms with Crippen molar-refractivity contribution in [2.45, 2.75) is 20.3 Å². The summed E-state index contributed by atoms with van der Waals surface area (Å²) in [6.45, 7) is 4.96. The molecule has 0 amide bonds. The minimum absolute atomic E-state index is 0.147. The number of ether oxygens (including phenoxy) is 2. The van der Waals surface area contributed by atoms with Crippen LogP contribution in [0.3, 0.4) is 0 Å². The molecule has 0 heterocycles. The zero-order valence-corrected chi connectivity index (χ0v) is 20.5. The van der Waals surface area contributed by atoms with Crippen LogP contribution in [-0.4, -0.2) is 32.2 Å². The van der Waals surface area contributed by atoms with Gasteiger partial charge in [0.15, 0.2) is 0 Å². The maximum absolute atomic E-state index is 9.68. The summed E-state index contributed by atoms with van der Waals surface area (Å²) >= 11 is 21.4. The van der Waals surface area contributed by atoms with Crippen molar-refractivity contribution in [1.82, 2.24) is 0 Å². The molecule has 2 aromatic rings. The van der Waals surface area contributed by atoms with Crippen LogP contribution in [0.2, 0.25) is 10.0 Å². The van der Waals surface area contributed by atoms with Crippen molar-refractivity contribution in [2.24, 2.45) is 0 Å². The number of phenols is 2. The van der Waals surface area contributed by atoms with E-state index in [-0.39, 0.29) is 11.5 Å². The molecule has 0 aliphatic heterocycles. The van der Waals surface area contributed by atoms with Crippen LogP contribution in [0.5, 0.6) is 11.5 Å². The fourth-order valence-electron chi connectivity index (χ4n) is 1.95. The van der Waals surface area contributed by atoms with Crippen molar-refractivity contribution in [2.75, 3.05) is 13.2 Å². The van der Waals surface area contributed by atoms with Gasteiger partial charge < -0.3 is 19.7 Å². The van der Waals surface area contributed by atoms with E-state index >= 15 is 0 Å². The largest absolute Gasteiger partial charge is 0.508 e. The van der Waals surface area contributed by atoms with E-state index in [0.717, 1.165) is 0 Å². The van der Waals surface area contributed by atoms with Gasteiger partial charge in [0.25, 0.3) is 0 Å². The molecular weight excluding hydrogens is 491 g/mol. The number of thiocarbonyl (C=S) groups is 2. The lowest BCUT2D eigenvalue weighted by molar-refractivity contribution is 0.345. The summed E-state index contributed by atoms with van der Waals surface area (Å²) in [5.74, 6) is 0.294. The Morgan fingerprint density at radius 3 is 1.55 bits per heavy atom. The van der Waals surface area contributed by atoms with E-state index in [2.05, 4.69) is 0 Å². The molecule has 0 radical (unpaired) electrons. The Balaban J connectivity index is 0.000000311. The first-order chi connectivity index (χ1) is 13.8. The summed E-state index contributed by atoms with van der Waals surface area (Å²) in [7, 11) is 2.62. The van der Waals surface area contributed by atoms with E-state index in [4.69, 9.17) is 57.1 Å². The number of hydrogen-bond acceptors (Lipinski definition) is 8. The molecule has 2 N–H and O–H groups in total. The van der Waals surface area contributed by atoms with Gasteiger partial charge in [-0.05, 0) is 85.8 Å². The second kappa shape index (κ2) is 14.2. The molecule has 0 aliphatic rings. The topological polar surface area (TPSA) is 58.9 Å². The molecule has 158 valence electrons. The van der Waals surface area contributed by atoms with Crippen LogP contribution in [0.1, 0.15) is 25.0 Å². The maximum atomic E-state index is 9.68. The summed E-state index contributed by atoms with van der Waals surface area (Å²) in [6.07, 6.45) is 0.374. The van der Waals surface area contributed by atoms with Gasteiger partial charge in [0.2, 0.25) is 8.77 Å². The molecule has 0 saturated heterocycles. The minimum Gasteiger partial charge on any atom is -0.508 e. The first-order valence-corrected chi connectivity index (χ1v) is 12.1. The maximum Gasteiger partial charge on any atom is 0.231 e. The molecule has 0 spiro atoms. The predicted octanol–water partition coefficient (Wildman–Crippen LogP) is 7.01. The molecule has 0 saturated carbocycles. The summed E-state index contributed by atoms with van der Waals surface area (Å²) in [5.41, 5.74) is 1.30. The highest BCUT2D eigenvalue weighted by molar-refractivity contribution is 8.89. The Morgan fingerprint density at radius 2 is 1.21 bits per heavy atom. The highest BCUT2D eigenvalue weighted by Crippen LogP contribution is 2.29. The molecular formula is C19H20Cl2O4S4. The van der Waals surface area contributed by atoms with E-state index < -0.39 is 0 Å². The van der Waals surface area contributed by atoms with Gasteiger partial charge in [0, 0.05) is 38.1 Å². The Bertz CT molecular complexity index is 766. The van der Waals surface area contributed by atoms with E-state index in [1.807, 2.05) is 13.8 Å². The molecule has 0 atom stereocenters. The Kier molecular flexibility index (Phi) is 12.8. The lowest BCUT2D eigenvalue weighted by Gasteiger charge is -2.07. The first kappa shape index (κ1) is 26.1. The molecule has 0 aromatic heterocycles. The van der Waals surface area contributed by atoms with Gasteiger partial charge in [-0.1, -0.05) is 23.2 Å². The molecule has 0 bridgehead atoms. The van der Waals surface area contributed by atoms with Crippen LogP contribution in [0.4, 0.5) is 0 Å². The minimum atomic E-state index is 0.147. The number of hydrogen-bond donors (Lipinski definition) is 2. The van der Waals surface area contributed by atoms with Crippen molar-refractivity contribution < 1.29 is 19.7 Å². The molecule has 10 heteroatoms. The van der Waals surface area contributed by atoms with Crippen LogP contribution < -0.4 is 0 Å². The van der Waals surface area contributed by atoms with E-state index in [9.17, 15) is 10.2 Å². The van der Waals surface area contributed by atoms with Crippen LogP contribution in [0.15, 0.2) is 36.4 Å². The normalized spacial score (nSPS) is 9.93. The van der Waals surface area contributed by atoms with Gasteiger partial charge in [-0.2, -0.15) is 0 Å². The van der Waals surface area contributed by atoms with Crippen LogP contribution in [0, 0.1) is 0 Å². The summed E-state index contributed by atoms with van der Waals surface area (Å²) < 4.78 is 11.0. The quantitative estimate of drug-likeness (QED) is 0.336. The number of benzene rings is 2. The molecule has 0 fully saturated rings. The van der Waals surface area contributed by atoms with Crippen molar-refractivity contribution in [1.29, 1.82) is 0 Å². The highest BCUT2D eigenvalue weighted by atomic mass is 35.5. The van der Waals surface area contributed by atoms with Crippen molar-refractivity contribution in [3.63, 3.8) is 0 Å². The third kappa shape index (κ3) is 10.6. The second-order valence-corrected chi connectivity index (χ2v) is 9.46. The lowest BCUT2D eigenvalue weighted by atomic mass is 10.0. The van der Waals surface area contributed by atoms with Crippen molar-refractivity contribution in [3.05, 3.63) is 57.6 Å². The van der Waals surface area contributed by atoms with Gasteiger partial charge in [-0.25, -0.2) is 0 Å². The van der Waals surface area contributed by atoms with Gasteiger partial charge in [-0.15, -0.1) is 0 Å². The molecule has 2 aromatic carbocycles. The molecule has 0 aliphatic carbocycles. The molecule has 29 heavy (non-hydrogen) atoms. The predicted molar refractivity (Wildman–Crippen MR) is 133 cm³/mol. The van der Waals surface area contributed by atoms with E-state index in [1.54, 1.807) is 24.3 Å². The lowest BCUT2D eigenvalue weighted by Crippen LogP contribution is -1.97.